The van der Waals surface area contributed by atoms with E-state index in [4.69, 9.17) is 0 Å². The maximum atomic E-state index is 12.2. The Labute approximate surface area is 118 Å². The molecule has 5 heteroatoms. The lowest BCUT2D eigenvalue weighted by Crippen LogP contribution is -2.44. The van der Waals surface area contributed by atoms with Gasteiger partial charge in [0.2, 0.25) is 10.0 Å². The summed E-state index contributed by atoms with van der Waals surface area (Å²) in [6.45, 7) is 3.25. The van der Waals surface area contributed by atoms with Gasteiger partial charge < -0.3 is 5.32 Å². The van der Waals surface area contributed by atoms with Crippen LogP contribution in [0.25, 0.3) is 0 Å². The molecule has 2 aliphatic rings. The van der Waals surface area contributed by atoms with E-state index in [-0.39, 0.29) is 6.04 Å². The molecule has 0 spiro atoms. The second-order valence-corrected chi connectivity index (χ2v) is 8.27. The van der Waals surface area contributed by atoms with Crippen LogP contribution in [0.1, 0.15) is 51.9 Å². The molecule has 112 valence electrons. The van der Waals surface area contributed by atoms with E-state index in [1.54, 1.807) is 11.4 Å². The highest BCUT2D eigenvalue weighted by molar-refractivity contribution is 7.89. The third-order valence-corrected chi connectivity index (χ3v) is 6.54. The fraction of sp³-hybridized carbons (Fsp3) is 1.00. The van der Waals surface area contributed by atoms with Crippen molar-refractivity contribution in [1.29, 1.82) is 0 Å². The molecule has 0 radical (unpaired) electrons. The minimum Gasteiger partial charge on any atom is -0.314 e. The summed E-state index contributed by atoms with van der Waals surface area (Å²) < 4.78 is 26.2. The van der Waals surface area contributed by atoms with Gasteiger partial charge in [-0.3, -0.25) is 0 Å². The molecule has 0 amide bonds. The number of rotatable bonds is 7. The van der Waals surface area contributed by atoms with E-state index in [0.29, 0.717) is 17.7 Å². The van der Waals surface area contributed by atoms with Crippen LogP contribution in [0.2, 0.25) is 0 Å². The molecule has 2 aliphatic carbocycles. The van der Waals surface area contributed by atoms with Gasteiger partial charge in [-0.1, -0.05) is 6.92 Å². The standard InChI is InChI=1S/C14H28N2O2S/c1-3-10-15-13-6-8-14(9-7-13)16(2)19(17,18)11-12-4-5-12/h12-15H,3-11H2,1-2H3. The van der Waals surface area contributed by atoms with E-state index < -0.39 is 10.0 Å². The summed E-state index contributed by atoms with van der Waals surface area (Å²) in [5.74, 6) is 0.812. The van der Waals surface area contributed by atoms with Gasteiger partial charge in [0.1, 0.15) is 0 Å². The second kappa shape index (κ2) is 6.55. The van der Waals surface area contributed by atoms with Crippen molar-refractivity contribution in [3.8, 4) is 0 Å². The highest BCUT2D eigenvalue weighted by atomic mass is 32.2. The van der Waals surface area contributed by atoms with E-state index in [1.165, 1.54) is 0 Å². The van der Waals surface area contributed by atoms with Gasteiger partial charge in [0.15, 0.2) is 0 Å². The fourth-order valence-electron chi connectivity index (χ4n) is 2.92. The maximum Gasteiger partial charge on any atom is 0.214 e. The Morgan fingerprint density at radius 1 is 1.11 bits per heavy atom. The molecular weight excluding hydrogens is 260 g/mol. The van der Waals surface area contributed by atoms with Crippen LogP contribution < -0.4 is 5.32 Å². The van der Waals surface area contributed by atoms with Crippen LogP contribution in [0.5, 0.6) is 0 Å². The van der Waals surface area contributed by atoms with Crippen LogP contribution in [0.3, 0.4) is 0 Å². The zero-order valence-corrected chi connectivity index (χ0v) is 13.1. The Morgan fingerprint density at radius 2 is 1.74 bits per heavy atom. The zero-order valence-electron chi connectivity index (χ0n) is 12.3. The highest BCUT2D eigenvalue weighted by Gasteiger charge is 2.34. The van der Waals surface area contributed by atoms with Crippen molar-refractivity contribution in [2.45, 2.75) is 64.0 Å². The molecule has 0 heterocycles. The van der Waals surface area contributed by atoms with E-state index in [2.05, 4.69) is 12.2 Å². The van der Waals surface area contributed by atoms with E-state index in [1.807, 2.05) is 0 Å². The summed E-state index contributed by atoms with van der Waals surface area (Å²) in [4.78, 5) is 0. The van der Waals surface area contributed by atoms with Crippen LogP contribution in [-0.2, 0) is 10.0 Å². The average molecular weight is 288 g/mol. The Morgan fingerprint density at radius 3 is 2.26 bits per heavy atom. The quantitative estimate of drug-likeness (QED) is 0.779. The van der Waals surface area contributed by atoms with Crippen molar-refractivity contribution in [2.24, 2.45) is 5.92 Å². The number of hydrogen-bond acceptors (Lipinski definition) is 3. The average Bonchev–Trinajstić information content (AvgIpc) is 3.19. The van der Waals surface area contributed by atoms with Crippen LogP contribution in [-0.4, -0.2) is 44.2 Å². The van der Waals surface area contributed by atoms with Gasteiger partial charge in [-0.05, 0) is 57.4 Å². The molecule has 0 aromatic heterocycles. The second-order valence-electron chi connectivity index (χ2n) is 6.20. The molecule has 0 saturated heterocycles. The molecule has 0 atom stereocenters. The SMILES string of the molecule is CCCNC1CCC(N(C)S(=O)(=O)CC2CC2)CC1. The Hall–Kier alpha value is -0.130. The topological polar surface area (TPSA) is 49.4 Å². The van der Waals surface area contributed by atoms with E-state index in [9.17, 15) is 8.42 Å². The summed E-state index contributed by atoms with van der Waals surface area (Å²) in [7, 11) is -1.24. The first-order chi connectivity index (χ1) is 9.03. The summed E-state index contributed by atoms with van der Waals surface area (Å²) >= 11 is 0. The van der Waals surface area contributed by atoms with E-state index in [0.717, 1.165) is 51.5 Å². The molecule has 0 bridgehead atoms. The molecule has 1 N–H and O–H groups in total. The van der Waals surface area contributed by atoms with Crippen molar-refractivity contribution < 1.29 is 8.42 Å². The van der Waals surface area contributed by atoms with Crippen molar-refractivity contribution in [3.05, 3.63) is 0 Å². The van der Waals surface area contributed by atoms with Gasteiger partial charge in [0, 0.05) is 19.1 Å². The minimum absolute atomic E-state index is 0.225. The van der Waals surface area contributed by atoms with Gasteiger partial charge in [0.25, 0.3) is 0 Å². The Kier molecular flexibility index (Phi) is 5.26. The third kappa shape index (κ3) is 4.43. The predicted octanol–water partition coefficient (Wildman–Crippen LogP) is 1.97. The molecule has 0 aliphatic heterocycles. The van der Waals surface area contributed by atoms with Crippen LogP contribution in [0.15, 0.2) is 0 Å². The maximum absolute atomic E-state index is 12.2. The first-order valence-corrected chi connectivity index (χ1v) is 9.33. The highest BCUT2D eigenvalue weighted by Crippen LogP contribution is 2.32. The third-order valence-electron chi connectivity index (χ3n) is 4.48. The first kappa shape index (κ1) is 15.3. The molecule has 0 unspecified atom stereocenters. The minimum atomic E-state index is -3.02. The zero-order chi connectivity index (χ0) is 13.9. The molecule has 2 rings (SSSR count). The van der Waals surface area contributed by atoms with Crippen LogP contribution in [0.4, 0.5) is 0 Å². The molecule has 2 fully saturated rings. The monoisotopic (exact) mass is 288 g/mol. The summed E-state index contributed by atoms with van der Waals surface area (Å²) in [6, 6.07) is 0.819. The lowest BCUT2D eigenvalue weighted by Gasteiger charge is -2.34. The summed E-state index contributed by atoms with van der Waals surface area (Å²) in [5, 5.41) is 3.54. The molecule has 4 nitrogen and oxygen atoms in total. The lowest BCUT2D eigenvalue weighted by atomic mass is 9.91. The van der Waals surface area contributed by atoms with Gasteiger partial charge in [-0.2, -0.15) is 0 Å². The number of nitrogens with zero attached hydrogens (tertiary/aromatic N) is 1. The molecular formula is C14H28N2O2S. The lowest BCUT2D eigenvalue weighted by molar-refractivity contribution is 0.249. The number of sulfonamides is 1. The van der Waals surface area contributed by atoms with Gasteiger partial charge in [0.05, 0.1) is 5.75 Å². The molecule has 2 saturated carbocycles. The van der Waals surface area contributed by atoms with Crippen molar-refractivity contribution in [3.63, 3.8) is 0 Å². The fourth-order valence-corrected chi connectivity index (χ4v) is 4.75. The Balaban J connectivity index is 1.79. The molecule has 0 aromatic carbocycles. The van der Waals surface area contributed by atoms with Crippen molar-refractivity contribution >= 4 is 10.0 Å². The van der Waals surface area contributed by atoms with E-state index >= 15 is 0 Å². The number of nitrogens with one attached hydrogen (secondary N) is 1. The summed E-state index contributed by atoms with van der Waals surface area (Å²) in [5.41, 5.74) is 0. The number of hydrogen-bond donors (Lipinski definition) is 1. The molecule has 19 heavy (non-hydrogen) atoms. The van der Waals surface area contributed by atoms with Gasteiger partial charge in [-0.25, -0.2) is 12.7 Å². The summed E-state index contributed by atoms with van der Waals surface area (Å²) in [6.07, 6.45) is 7.57. The van der Waals surface area contributed by atoms with Crippen LogP contribution >= 0.6 is 0 Å². The molecule has 0 aromatic rings. The van der Waals surface area contributed by atoms with Crippen molar-refractivity contribution in [2.75, 3.05) is 19.3 Å². The van der Waals surface area contributed by atoms with Gasteiger partial charge >= 0.3 is 0 Å². The predicted molar refractivity (Wildman–Crippen MR) is 78.6 cm³/mol. The first-order valence-electron chi connectivity index (χ1n) is 7.72. The van der Waals surface area contributed by atoms with Crippen molar-refractivity contribution in [1.82, 2.24) is 9.62 Å². The van der Waals surface area contributed by atoms with Crippen LogP contribution in [0, 0.1) is 5.92 Å². The Bertz CT molecular complexity index is 371. The van der Waals surface area contributed by atoms with Gasteiger partial charge in [-0.15, -0.1) is 0 Å². The largest absolute Gasteiger partial charge is 0.314 e. The normalized spacial score (nSPS) is 28.8. The smallest absolute Gasteiger partial charge is 0.214 e.